The van der Waals surface area contributed by atoms with Crippen LogP contribution in [0.5, 0.6) is 0 Å². The van der Waals surface area contributed by atoms with E-state index in [9.17, 15) is 4.79 Å². The lowest BCUT2D eigenvalue weighted by molar-refractivity contribution is -0.118. The van der Waals surface area contributed by atoms with Crippen LogP contribution in [0.1, 0.15) is 30.0 Å². The summed E-state index contributed by atoms with van der Waals surface area (Å²) >= 11 is 0. The molecular formula is C13H20N2O. The largest absolute Gasteiger partial charge is 0.370 e. The minimum Gasteiger partial charge on any atom is -0.370 e. The summed E-state index contributed by atoms with van der Waals surface area (Å²) in [5.74, 6) is -0.263. The molecule has 0 radical (unpaired) electrons. The van der Waals surface area contributed by atoms with Gasteiger partial charge in [0.1, 0.15) is 0 Å². The van der Waals surface area contributed by atoms with E-state index in [0.29, 0.717) is 6.42 Å². The van der Waals surface area contributed by atoms with Crippen molar-refractivity contribution in [3.8, 4) is 0 Å². The highest BCUT2D eigenvalue weighted by Gasteiger charge is 2.05. The van der Waals surface area contributed by atoms with Gasteiger partial charge in [0.25, 0.3) is 0 Å². The molecule has 3 nitrogen and oxygen atoms in total. The van der Waals surface area contributed by atoms with Crippen molar-refractivity contribution in [3.05, 3.63) is 34.9 Å². The standard InChI is InChI=1S/C13H20N2O/c1-9-4-10(2)6-12(5-9)8-15-11(3)7-13(14)16/h4-6,11,15H,7-8H2,1-3H3,(H2,14,16). The topological polar surface area (TPSA) is 55.1 Å². The number of carbonyl (C=O) groups is 1. The number of hydrogen-bond donors (Lipinski definition) is 2. The highest BCUT2D eigenvalue weighted by molar-refractivity contribution is 5.74. The maximum atomic E-state index is 10.7. The van der Waals surface area contributed by atoms with Crippen LogP contribution >= 0.6 is 0 Å². The maximum Gasteiger partial charge on any atom is 0.218 e. The fraction of sp³-hybridized carbons (Fsp3) is 0.462. The molecule has 0 spiro atoms. The van der Waals surface area contributed by atoms with Gasteiger partial charge in [0, 0.05) is 19.0 Å². The lowest BCUT2D eigenvalue weighted by Gasteiger charge is -2.12. The third-order valence-corrected chi connectivity index (χ3v) is 2.44. The molecule has 3 N–H and O–H groups in total. The molecule has 0 saturated heterocycles. The number of nitrogens with one attached hydrogen (secondary N) is 1. The SMILES string of the molecule is Cc1cc(C)cc(CNC(C)CC(N)=O)c1. The summed E-state index contributed by atoms with van der Waals surface area (Å²) in [6.07, 6.45) is 0.380. The van der Waals surface area contributed by atoms with Crippen molar-refractivity contribution < 1.29 is 4.79 Å². The first-order valence-electron chi connectivity index (χ1n) is 5.56. The maximum absolute atomic E-state index is 10.7. The molecule has 1 atom stereocenters. The first kappa shape index (κ1) is 12.7. The summed E-state index contributed by atoms with van der Waals surface area (Å²) in [4.78, 5) is 10.7. The molecule has 0 aromatic heterocycles. The van der Waals surface area contributed by atoms with Crippen LogP contribution < -0.4 is 11.1 Å². The third-order valence-electron chi connectivity index (χ3n) is 2.44. The second-order valence-electron chi connectivity index (χ2n) is 4.45. The number of primary amides is 1. The molecule has 0 bridgehead atoms. The van der Waals surface area contributed by atoms with Gasteiger partial charge in [-0.1, -0.05) is 29.3 Å². The van der Waals surface area contributed by atoms with Crippen molar-refractivity contribution in [2.45, 2.75) is 39.8 Å². The quantitative estimate of drug-likeness (QED) is 0.793. The average Bonchev–Trinajstić information content (AvgIpc) is 2.12. The van der Waals surface area contributed by atoms with Crippen LogP contribution in [-0.4, -0.2) is 11.9 Å². The summed E-state index contributed by atoms with van der Waals surface area (Å²) < 4.78 is 0. The fourth-order valence-electron chi connectivity index (χ4n) is 1.84. The van der Waals surface area contributed by atoms with Crippen molar-refractivity contribution in [1.82, 2.24) is 5.32 Å². The van der Waals surface area contributed by atoms with E-state index >= 15 is 0 Å². The van der Waals surface area contributed by atoms with E-state index in [1.807, 2.05) is 6.92 Å². The summed E-state index contributed by atoms with van der Waals surface area (Å²) in [6.45, 7) is 6.91. The van der Waals surface area contributed by atoms with E-state index in [1.165, 1.54) is 16.7 Å². The zero-order chi connectivity index (χ0) is 12.1. The number of amides is 1. The highest BCUT2D eigenvalue weighted by Crippen LogP contribution is 2.08. The molecule has 0 heterocycles. The Hall–Kier alpha value is -1.35. The highest BCUT2D eigenvalue weighted by atomic mass is 16.1. The molecule has 1 unspecified atom stereocenters. The van der Waals surface area contributed by atoms with Crippen LogP contribution in [0.2, 0.25) is 0 Å². The summed E-state index contributed by atoms with van der Waals surface area (Å²) in [5.41, 5.74) is 8.90. The van der Waals surface area contributed by atoms with Gasteiger partial charge in [0.2, 0.25) is 5.91 Å². The third kappa shape index (κ3) is 4.45. The number of nitrogens with two attached hydrogens (primary N) is 1. The predicted molar refractivity (Wildman–Crippen MR) is 66.0 cm³/mol. The molecule has 3 heteroatoms. The predicted octanol–water partition coefficient (Wildman–Crippen LogP) is 1.66. The first-order valence-corrected chi connectivity index (χ1v) is 5.56. The molecule has 1 aromatic carbocycles. The Morgan fingerprint density at radius 1 is 1.31 bits per heavy atom. The first-order chi connectivity index (χ1) is 7.47. The average molecular weight is 220 g/mol. The lowest BCUT2D eigenvalue weighted by Crippen LogP contribution is -2.30. The van der Waals surface area contributed by atoms with E-state index in [0.717, 1.165) is 6.54 Å². The van der Waals surface area contributed by atoms with Gasteiger partial charge < -0.3 is 11.1 Å². The number of benzene rings is 1. The summed E-state index contributed by atoms with van der Waals surface area (Å²) in [6, 6.07) is 6.57. The Kier molecular flexibility index (Phi) is 4.50. The molecule has 0 aliphatic carbocycles. The normalized spacial score (nSPS) is 12.4. The molecule has 0 saturated carbocycles. The van der Waals surface area contributed by atoms with E-state index in [4.69, 9.17) is 5.73 Å². The van der Waals surface area contributed by atoms with Crippen molar-refractivity contribution >= 4 is 5.91 Å². The monoisotopic (exact) mass is 220 g/mol. The van der Waals surface area contributed by atoms with Gasteiger partial charge in [-0.2, -0.15) is 0 Å². The van der Waals surface area contributed by atoms with Crippen LogP contribution in [0.15, 0.2) is 18.2 Å². The van der Waals surface area contributed by atoms with Gasteiger partial charge in [-0.05, 0) is 26.3 Å². The molecule has 1 amide bonds. The van der Waals surface area contributed by atoms with Crippen molar-refractivity contribution in [3.63, 3.8) is 0 Å². The van der Waals surface area contributed by atoms with Crippen LogP contribution in [0, 0.1) is 13.8 Å². The Balaban J connectivity index is 2.51. The van der Waals surface area contributed by atoms with E-state index < -0.39 is 0 Å². The van der Waals surface area contributed by atoms with Gasteiger partial charge in [-0.15, -0.1) is 0 Å². The Morgan fingerprint density at radius 3 is 2.38 bits per heavy atom. The molecule has 0 aliphatic rings. The van der Waals surface area contributed by atoms with Crippen LogP contribution in [0.25, 0.3) is 0 Å². The Labute approximate surface area is 97.0 Å². The number of carbonyl (C=O) groups excluding carboxylic acids is 1. The molecule has 88 valence electrons. The number of rotatable bonds is 5. The lowest BCUT2D eigenvalue weighted by atomic mass is 10.1. The number of aryl methyl sites for hydroxylation is 2. The van der Waals surface area contributed by atoms with Crippen LogP contribution in [0.4, 0.5) is 0 Å². The molecule has 16 heavy (non-hydrogen) atoms. The van der Waals surface area contributed by atoms with Crippen molar-refractivity contribution in [2.75, 3.05) is 0 Å². The van der Waals surface area contributed by atoms with Gasteiger partial charge >= 0.3 is 0 Å². The van der Waals surface area contributed by atoms with E-state index in [1.54, 1.807) is 0 Å². The Bertz CT molecular complexity index is 354. The van der Waals surface area contributed by atoms with E-state index in [2.05, 4.69) is 37.4 Å². The zero-order valence-corrected chi connectivity index (χ0v) is 10.2. The molecule has 1 aromatic rings. The minimum absolute atomic E-state index is 0.123. The molecule has 0 aliphatic heterocycles. The fourth-order valence-corrected chi connectivity index (χ4v) is 1.84. The van der Waals surface area contributed by atoms with Crippen molar-refractivity contribution in [2.24, 2.45) is 5.73 Å². The Morgan fingerprint density at radius 2 is 1.88 bits per heavy atom. The molecular weight excluding hydrogens is 200 g/mol. The van der Waals surface area contributed by atoms with Gasteiger partial charge in [-0.25, -0.2) is 0 Å². The van der Waals surface area contributed by atoms with Gasteiger partial charge in [-0.3, -0.25) is 4.79 Å². The zero-order valence-electron chi connectivity index (χ0n) is 10.2. The minimum atomic E-state index is -0.263. The van der Waals surface area contributed by atoms with Crippen molar-refractivity contribution in [1.29, 1.82) is 0 Å². The summed E-state index contributed by atoms with van der Waals surface area (Å²) in [5, 5.41) is 3.28. The van der Waals surface area contributed by atoms with E-state index in [-0.39, 0.29) is 11.9 Å². The number of hydrogen-bond acceptors (Lipinski definition) is 2. The second kappa shape index (κ2) is 5.66. The van der Waals surface area contributed by atoms with Crippen LogP contribution in [0.3, 0.4) is 0 Å². The second-order valence-corrected chi connectivity index (χ2v) is 4.45. The van der Waals surface area contributed by atoms with Gasteiger partial charge in [0.05, 0.1) is 0 Å². The van der Waals surface area contributed by atoms with Crippen LogP contribution in [-0.2, 0) is 11.3 Å². The molecule has 0 fully saturated rings. The van der Waals surface area contributed by atoms with Gasteiger partial charge in [0.15, 0.2) is 0 Å². The summed E-state index contributed by atoms with van der Waals surface area (Å²) in [7, 11) is 0. The smallest absolute Gasteiger partial charge is 0.218 e. The molecule has 1 rings (SSSR count).